The molecule has 0 bridgehead atoms. The molecule has 1 N–H and O–H groups in total. The average molecular weight is 519 g/mol. The highest BCUT2D eigenvalue weighted by Gasteiger charge is 2.33. The van der Waals surface area contributed by atoms with Crippen molar-refractivity contribution in [1.82, 2.24) is 5.32 Å². The number of rotatable bonds is 7. The topological polar surface area (TPSA) is 66.5 Å². The van der Waals surface area contributed by atoms with Crippen LogP contribution in [0.1, 0.15) is 62.5 Å². The van der Waals surface area contributed by atoms with Crippen molar-refractivity contribution >= 4 is 33.2 Å². The highest BCUT2D eigenvalue weighted by atomic mass is 35.5. The Bertz CT molecular complexity index is 1140. The van der Waals surface area contributed by atoms with Gasteiger partial charge in [-0.3, -0.25) is 9.10 Å². The van der Waals surface area contributed by atoms with Gasteiger partial charge in [-0.2, -0.15) is 13.2 Å². The van der Waals surface area contributed by atoms with E-state index in [4.69, 9.17) is 11.6 Å². The molecule has 1 amide bonds. The Kier molecular flexibility index (Phi) is 8.04. The normalized spacial score (nSPS) is 13.0. The lowest BCUT2D eigenvalue weighted by Crippen LogP contribution is -2.45. The van der Waals surface area contributed by atoms with E-state index in [1.807, 2.05) is 13.8 Å². The summed E-state index contributed by atoms with van der Waals surface area (Å²) in [6.45, 7) is 9.87. The Hall–Kier alpha value is -2.26. The van der Waals surface area contributed by atoms with Crippen molar-refractivity contribution in [2.75, 3.05) is 10.6 Å². The second-order valence-corrected chi connectivity index (χ2v) is 12.5. The van der Waals surface area contributed by atoms with E-state index in [-0.39, 0.29) is 28.6 Å². The van der Waals surface area contributed by atoms with E-state index in [9.17, 15) is 26.4 Å². The van der Waals surface area contributed by atoms with Crippen LogP contribution in [0.15, 0.2) is 42.5 Å². The molecule has 2 aromatic rings. The minimum absolute atomic E-state index is 0.0143. The van der Waals surface area contributed by atoms with Crippen molar-refractivity contribution < 1.29 is 26.4 Å². The van der Waals surface area contributed by atoms with Gasteiger partial charge in [0, 0.05) is 11.1 Å². The maximum absolute atomic E-state index is 13.2. The number of halogens is 4. The fourth-order valence-corrected chi connectivity index (χ4v) is 5.10. The van der Waals surface area contributed by atoms with Crippen molar-refractivity contribution in [2.45, 2.75) is 59.3 Å². The van der Waals surface area contributed by atoms with Crippen LogP contribution in [-0.4, -0.2) is 26.1 Å². The molecule has 10 heteroatoms. The highest BCUT2D eigenvalue weighted by molar-refractivity contribution is 7.92. The molecule has 188 valence electrons. The van der Waals surface area contributed by atoms with Crippen LogP contribution in [0.3, 0.4) is 0 Å². The van der Waals surface area contributed by atoms with Gasteiger partial charge in [-0.05, 0) is 61.6 Å². The van der Waals surface area contributed by atoms with Gasteiger partial charge >= 0.3 is 6.18 Å². The molecule has 0 spiro atoms. The number of hydrogen-bond acceptors (Lipinski definition) is 3. The first-order valence-electron chi connectivity index (χ1n) is 10.5. The maximum Gasteiger partial charge on any atom is 0.416 e. The van der Waals surface area contributed by atoms with E-state index < -0.39 is 27.3 Å². The summed E-state index contributed by atoms with van der Waals surface area (Å²) >= 11 is 6.06. The number of benzene rings is 2. The second-order valence-electron chi connectivity index (χ2n) is 10.2. The van der Waals surface area contributed by atoms with E-state index >= 15 is 0 Å². The fourth-order valence-electron chi connectivity index (χ4n) is 3.94. The zero-order valence-corrected chi connectivity index (χ0v) is 21.6. The molecule has 0 radical (unpaired) electrons. The third-order valence-corrected chi connectivity index (χ3v) is 6.36. The molecular weight excluding hydrogens is 489 g/mol. The van der Waals surface area contributed by atoms with Gasteiger partial charge in [0.15, 0.2) is 0 Å². The summed E-state index contributed by atoms with van der Waals surface area (Å²) in [7, 11) is -3.97. The molecule has 0 aliphatic heterocycles. The quantitative estimate of drug-likeness (QED) is 0.470. The predicted octanol–water partition coefficient (Wildman–Crippen LogP) is 6.27. The standard InChI is InChI=1S/C24H30ClF3N2O3S/c1-22(2,3)15-23(4,5)29-21(31)17-9-7-16(8-10-17)14-30(34(6,32)33)20-13-18(24(26,27)28)11-12-19(20)25/h7-13H,14-15H2,1-6H3,(H,29,31). The van der Waals surface area contributed by atoms with Gasteiger partial charge in [0.1, 0.15) is 0 Å². The predicted molar refractivity (Wildman–Crippen MR) is 130 cm³/mol. The average Bonchev–Trinajstić information content (AvgIpc) is 2.63. The van der Waals surface area contributed by atoms with Crippen LogP contribution in [0.2, 0.25) is 5.02 Å². The summed E-state index contributed by atoms with van der Waals surface area (Å²) in [6.07, 6.45) is -3.01. The van der Waals surface area contributed by atoms with Crippen molar-refractivity contribution in [3.8, 4) is 0 Å². The lowest BCUT2D eigenvalue weighted by Gasteiger charge is -2.33. The number of carbonyl (C=O) groups excluding carboxylic acids is 1. The molecule has 0 fully saturated rings. The summed E-state index contributed by atoms with van der Waals surface area (Å²) in [6, 6.07) is 8.74. The van der Waals surface area contributed by atoms with Crippen LogP contribution >= 0.6 is 11.6 Å². The van der Waals surface area contributed by atoms with Crippen LogP contribution in [0.25, 0.3) is 0 Å². The lowest BCUT2D eigenvalue weighted by molar-refractivity contribution is -0.137. The van der Waals surface area contributed by atoms with E-state index in [0.717, 1.165) is 29.1 Å². The first-order chi connectivity index (χ1) is 15.3. The number of nitrogens with one attached hydrogen (secondary N) is 1. The summed E-state index contributed by atoms with van der Waals surface area (Å²) in [5.41, 5.74) is -0.852. The van der Waals surface area contributed by atoms with Gasteiger partial charge in [-0.25, -0.2) is 8.42 Å². The minimum atomic E-state index is -4.65. The van der Waals surface area contributed by atoms with Crippen molar-refractivity contribution in [3.05, 3.63) is 64.2 Å². The van der Waals surface area contributed by atoms with Gasteiger partial charge in [0.05, 0.1) is 29.1 Å². The number of carbonyl (C=O) groups is 1. The van der Waals surface area contributed by atoms with E-state index in [1.165, 1.54) is 0 Å². The highest BCUT2D eigenvalue weighted by Crippen LogP contribution is 2.37. The third kappa shape index (κ3) is 7.91. The number of nitrogens with zero attached hydrogens (tertiary/aromatic N) is 1. The molecule has 0 heterocycles. The molecule has 0 saturated carbocycles. The van der Waals surface area contributed by atoms with Crippen molar-refractivity contribution in [3.63, 3.8) is 0 Å². The van der Waals surface area contributed by atoms with Crippen LogP contribution in [0, 0.1) is 5.41 Å². The van der Waals surface area contributed by atoms with Gasteiger partial charge in [0.2, 0.25) is 10.0 Å². The number of hydrogen-bond donors (Lipinski definition) is 1. The first-order valence-corrected chi connectivity index (χ1v) is 12.8. The van der Waals surface area contributed by atoms with Gasteiger partial charge in [-0.1, -0.05) is 44.5 Å². The molecule has 0 atom stereocenters. The number of sulfonamides is 1. The summed E-state index contributed by atoms with van der Waals surface area (Å²) in [4.78, 5) is 12.7. The van der Waals surface area contributed by atoms with Crippen LogP contribution < -0.4 is 9.62 Å². The van der Waals surface area contributed by atoms with Gasteiger partial charge < -0.3 is 5.32 Å². The number of amides is 1. The van der Waals surface area contributed by atoms with Crippen molar-refractivity contribution in [1.29, 1.82) is 0 Å². The first kappa shape index (κ1) is 28.0. The summed E-state index contributed by atoms with van der Waals surface area (Å²) in [5, 5.41) is 2.87. The number of anilines is 1. The SMILES string of the molecule is CC(C)(C)CC(C)(C)NC(=O)c1ccc(CN(c2cc(C(F)(F)F)ccc2Cl)S(C)(=O)=O)cc1. The zero-order valence-electron chi connectivity index (χ0n) is 20.0. The Morgan fingerprint density at radius 2 is 1.56 bits per heavy atom. The molecule has 0 aliphatic rings. The van der Waals surface area contributed by atoms with E-state index in [2.05, 4.69) is 26.1 Å². The lowest BCUT2D eigenvalue weighted by atomic mass is 9.81. The molecule has 2 rings (SSSR count). The Morgan fingerprint density at radius 3 is 2.03 bits per heavy atom. The fraction of sp³-hybridized carbons (Fsp3) is 0.458. The Balaban J connectivity index is 2.29. The Labute approximate surface area is 204 Å². The van der Waals surface area contributed by atoms with Crippen LogP contribution in [0.4, 0.5) is 18.9 Å². The molecule has 34 heavy (non-hydrogen) atoms. The molecule has 5 nitrogen and oxygen atoms in total. The summed E-state index contributed by atoms with van der Waals surface area (Å²) < 4.78 is 65.1. The molecule has 2 aromatic carbocycles. The number of alkyl halides is 3. The second kappa shape index (κ2) is 9.77. The molecule has 0 unspecified atom stereocenters. The largest absolute Gasteiger partial charge is 0.416 e. The monoisotopic (exact) mass is 518 g/mol. The minimum Gasteiger partial charge on any atom is -0.347 e. The Morgan fingerprint density at radius 1 is 1.00 bits per heavy atom. The van der Waals surface area contributed by atoms with Gasteiger partial charge in [-0.15, -0.1) is 0 Å². The molecule has 0 saturated heterocycles. The maximum atomic E-state index is 13.2. The van der Waals surface area contributed by atoms with Crippen molar-refractivity contribution in [2.24, 2.45) is 5.41 Å². The van der Waals surface area contributed by atoms with E-state index in [1.54, 1.807) is 24.3 Å². The zero-order chi connectivity index (χ0) is 26.1. The third-order valence-electron chi connectivity index (χ3n) is 4.91. The van der Waals surface area contributed by atoms with Crippen LogP contribution in [0.5, 0.6) is 0 Å². The smallest absolute Gasteiger partial charge is 0.347 e. The molecular formula is C24H30ClF3N2O3S. The molecule has 0 aliphatic carbocycles. The molecule has 0 aromatic heterocycles. The van der Waals surface area contributed by atoms with Gasteiger partial charge in [0.25, 0.3) is 5.91 Å². The van der Waals surface area contributed by atoms with E-state index in [0.29, 0.717) is 17.2 Å². The van der Waals surface area contributed by atoms with Crippen LogP contribution in [-0.2, 0) is 22.7 Å². The summed E-state index contributed by atoms with van der Waals surface area (Å²) in [5.74, 6) is -0.276.